The maximum absolute atomic E-state index is 12.6. The molecular formula is C15H20ClN3O4. The highest BCUT2D eigenvalue weighted by molar-refractivity contribution is 5.97. The molecule has 0 bridgehead atoms. The van der Waals surface area contributed by atoms with Gasteiger partial charge in [-0.3, -0.25) is 9.36 Å². The van der Waals surface area contributed by atoms with E-state index in [2.05, 4.69) is 5.32 Å². The molecule has 3 rings (SSSR count). The largest absolute Gasteiger partial charge is 0.419 e. The van der Waals surface area contributed by atoms with Gasteiger partial charge in [0.25, 0.3) is 0 Å². The Labute approximate surface area is 139 Å². The van der Waals surface area contributed by atoms with Gasteiger partial charge in [0.05, 0.1) is 10.9 Å². The van der Waals surface area contributed by atoms with Crippen molar-refractivity contribution < 1.29 is 13.9 Å². The first-order valence-corrected chi connectivity index (χ1v) is 7.25. The van der Waals surface area contributed by atoms with Crippen molar-refractivity contribution in [3.8, 4) is 0 Å². The Morgan fingerprint density at radius 2 is 2.09 bits per heavy atom. The fourth-order valence-electron chi connectivity index (χ4n) is 2.75. The average molecular weight is 342 g/mol. The summed E-state index contributed by atoms with van der Waals surface area (Å²) in [4.78, 5) is 24.1. The van der Waals surface area contributed by atoms with Crippen LogP contribution in [0.2, 0.25) is 0 Å². The summed E-state index contributed by atoms with van der Waals surface area (Å²) in [6.45, 7) is 1.37. The maximum atomic E-state index is 12.6. The van der Waals surface area contributed by atoms with Crippen LogP contribution in [0.15, 0.2) is 27.4 Å². The summed E-state index contributed by atoms with van der Waals surface area (Å²) >= 11 is 0. The van der Waals surface area contributed by atoms with Crippen LogP contribution in [0.5, 0.6) is 0 Å². The number of nitrogens with one attached hydrogen (secondary N) is 1. The fourth-order valence-corrected chi connectivity index (χ4v) is 2.75. The molecule has 0 unspecified atom stereocenters. The van der Waals surface area contributed by atoms with E-state index in [9.17, 15) is 9.59 Å². The van der Waals surface area contributed by atoms with E-state index in [0.717, 1.165) is 0 Å². The number of nitrogens with two attached hydrogens (primary N) is 1. The lowest BCUT2D eigenvalue weighted by Crippen LogP contribution is -2.46. The molecule has 2 aromatic rings. The van der Waals surface area contributed by atoms with Crippen molar-refractivity contribution in [2.45, 2.75) is 12.8 Å². The summed E-state index contributed by atoms with van der Waals surface area (Å²) in [7, 11) is 1.62. The van der Waals surface area contributed by atoms with Gasteiger partial charge in [0.15, 0.2) is 5.58 Å². The van der Waals surface area contributed by atoms with Gasteiger partial charge in [-0.1, -0.05) is 0 Å². The first-order valence-electron chi connectivity index (χ1n) is 7.25. The van der Waals surface area contributed by atoms with E-state index in [4.69, 9.17) is 14.9 Å². The number of fused-ring (bicyclic) bond motifs is 1. The zero-order chi connectivity index (χ0) is 15.7. The number of carbonyl (C=O) groups is 1. The Morgan fingerprint density at radius 3 is 2.74 bits per heavy atom. The molecule has 126 valence electrons. The van der Waals surface area contributed by atoms with Crippen molar-refractivity contribution in [2.75, 3.05) is 25.1 Å². The molecule has 0 radical (unpaired) electrons. The summed E-state index contributed by atoms with van der Waals surface area (Å²) in [5.74, 6) is -0.535. The third-order valence-electron chi connectivity index (χ3n) is 4.37. The van der Waals surface area contributed by atoms with Gasteiger partial charge in [-0.15, -0.1) is 12.4 Å². The van der Waals surface area contributed by atoms with Crippen molar-refractivity contribution in [3.05, 3.63) is 28.7 Å². The summed E-state index contributed by atoms with van der Waals surface area (Å²) in [5.41, 5.74) is 6.99. The van der Waals surface area contributed by atoms with E-state index >= 15 is 0 Å². The van der Waals surface area contributed by atoms with Crippen molar-refractivity contribution >= 4 is 35.1 Å². The Bertz CT molecular complexity index is 762. The highest BCUT2D eigenvalue weighted by Crippen LogP contribution is 2.31. The smallest absolute Gasteiger partial charge is 0.408 e. The second-order valence-corrected chi connectivity index (χ2v) is 5.66. The number of nitrogens with zero attached hydrogens (tertiary/aromatic N) is 1. The number of anilines is 1. The quantitative estimate of drug-likeness (QED) is 0.875. The van der Waals surface area contributed by atoms with Crippen LogP contribution in [-0.4, -0.2) is 30.2 Å². The highest BCUT2D eigenvalue weighted by atomic mass is 35.5. The molecule has 7 nitrogen and oxygen atoms in total. The molecule has 1 amide bonds. The van der Waals surface area contributed by atoms with Crippen molar-refractivity contribution in [1.29, 1.82) is 0 Å². The molecule has 8 heteroatoms. The van der Waals surface area contributed by atoms with Crippen molar-refractivity contribution in [3.63, 3.8) is 0 Å². The topological polar surface area (TPSA) is 99.5 Å². The standard InChI is InChI=1S/C15H19N3O4.ClH/c1-18-11-8-10(2-3-12(11)22-14(18)20)17-13(19)15(9-16)4-6-21-7-5-15;/h2-3,8H,4-7,9,16H2,1H3,(H,17,19);1H. The van der Waals surface area contributed by atoms with E-state index in [1.807, 2.05) is 0 Å². The molecule has 1 fully saturated rings. The Balaban J connectivity index is 0.00000192. The lowest BCUT2D eigenvalue weighted by atomic mass is 9.79. The normalized spacial score (nSPS) is 16.8. The van der Waals surface area contributed by atoms with E-state index < -0.39 is 11.2 Å². The number of rotatable bonds is 3. The van der Waals surface area contributed by atoms with Gasteiger partial charge in [-0.05, 0) is 31.0 Å². The number of benzene rings is 1. The number of carbonyl (C=O) groups excluding carboxylic acids is 1. The molecule has 1 aliphatic heterocycles. The first-order chi connectivity index (χ1) is 10.6. The summed E-state index contributed by atoms with van der Waals surface area (Å²) < 4.78 is 11.8. The summed E-state index contributed by atoms with van der Waals surface area (Å²) in [6, 6.07) is 5.11. The first kappa shape index (κ1) is 17.5. The number of hydrogen-bond acceptors (Lipinski definition) is 5. The predicted octanol–water partition coefficient (Wildman–Crippen LogP) is 1.25. The zero-order valence-electron chi connectivity index (χ0n) is 12.8. The van der Waals surface area contributed by atoms with Gasteiger partial charge in [-0.2, -0.15) is 0 Å². The Morgan fingerprint density at radius 1 is 1.39 bits per heavy atom. The van der Waals surface area contributed by atoms with Crippen LogP contribution in [0.3, 0.4) is 0 Å². The minimum Gasteiger partial charge on any atom is -0.408 e. The molecule has 23 heavy (non-hydrogen) atoms. The number of oxazole rings is 1. The molecule has 1 saturated heterocycles. The minimum atomic E-state index is -0.588. The molecule has 0 atom stereocenters. The molecular weight excluding hydrogens is 322 g/mol. The predicted molar refractivity (Wildman–Crippen MR) is 88.9 cm³/mol. The van der Waals surface area contributed by atoms with Crippen LogP contribution in [0.4, 0.5) is 5.69 Å². The van der Waals surface area contributed by atoms with Crippen LogP contribution in [-0.2, 0) is 16.6 Å². The third kappa shape index (κ3) is 3.12. The molecule has 3 N–H and O–H groups in total. The van der Waals surface area contributed by atoms with Gasteiger partial charge in [0.2, 0.25) is 5.91 Å². The second kappa shape index (κ2) is 6.74. The van der Waals surface area contributed by atoms with Gasteiger partial charge in [0.1, 0.15) is 0 Å². The fraction of sp³-hybridized carbons (Fsp3) is 0.467. The van der Waals surface area contributed by atoms with Gasteiger partial charge >= 0.3 is 5.76 Å². The molecule has 2 heterocycles. The lowest BCUT2D eigenvalue weighted by molar-refractivity contribution is -0.130. The zero-order valence-corrected chi connectivity index (χ0v) is 13.6. The number of amides is 1. The molecule has 1 aromatic carbocycles. The third-order valence-corrected chi connectivity index (χ3v) is 4.37. The van der Waals surface area contributed by atoms with Gasteiger partial charge in [-0.25, -0.2) is 4.79 Å². The van der Waals surface area contributed by atoms with Gasteiger partial charge < -0.3 is 20.2 Å². The van der Waals surface area contributed by atoms with E-state index in [1.54, 1.807) is 25.2 Å². The second-order valence-electron chi connectivity index (χ2n) is 5.66. The number of aryl methyl sites for hydroxylation is 1. The monoisotopic (exact) mass is 341 g/mol. The summed E-state index contributed by atoms with van der Waals surface area (Å²) in [6.07, 6.45) is 1.23. The maximum Gasteiger partial charge on any atom is 0.419 e. The molecule has 1 aromatic heterocycles. The molecule has 0 spiro atoms. The lowest BCUT2D eigenvalue weighted by Gasteiger charge is -2.34. The van der Waals surface area contributed by atoms with Gasteiger partial charge in [0, 0.05) is 32.5 Å². The van der Waals surface area contributed by atoms with Crippen LogP contribution >= 0.6 is 12.4 Å². The van der Waals surface area contributed by atoms with E-state index in [1.165, 1.54) is 4.57 Å². The van der Waals surface area contributed by atoms with Crippen molar-refractivity contribution in [1.82, 2.24) is 4.57 Å². The van der Waals surface area contributed by atoms with Crippen LogP contribution in [0.1, 0.15) is 12.8 Å². The minimum absolute atomic E-state index is 0. The van der Waals surface area contributed by atoms with E-state index in [-0.39, 0.29) is 24.9 Å². The number of aromatic nitrogens is 1. The Kier molecular flexibility index (Phi) is 5.13. The Hall–Kier alpha value is -1.83. The summed E-state index contributed by atoms with van der Waals surface area (Å²) in [5, 5.41) is 2.90. The molecule has 0 saturated carbocycles. The SMILES string of the molecule is Cl.Cn1c(=O)oc2ccc(NC(=O)C3(CN)CCOCC3)cc21. The average Bonchev–Trinajstić information content (AvgIpc) is 2.83. The molecule has 1 aliphatic rings. The van der Waals surface area contributed by atoms with Crippen molar-refractivity contribution in [2.24, 2.45) is 18.2 Å². The van der Waals surface area contributed by atoms with E-state index in [0.29, 0.717) is 42.8 Å². The number of ether oxygens (including phenoxy) is 1. The highest BCUT2D eigenvalue weighted by Gasteiger charge is 2.38. The molecule has 0 aliphatic carbocycles. The number of halogens is 1. The van der Waals surface area contributed by atoms with Crippen LogP contribution < -0.4 is 16.8 Å². The van der Waals surface area contributed by atoms with Crippen LogP contribution in [0.25, 0.3) is 11.1 Å². The van der Waals surface area contributed by atoms with Crippen LogP contribution in [0, 0.1) is 5.41 Å². The number of hydrogen-bond donors (Lipinski definition) is 2.